The van der Waals surface area contributed by atoms with Crippen LogP contribution in [-0.4, -0.2) is 22.5 Å². The second-order valence-electron chi connectivity index (χ2n) is 7.83. The highest BCUT2D eigenvalue weighted by Gasteiger charge is 2.32. The highest BCUT2D eigenvalue weighted by Crippen LogP contribution is 2.41. The summed E-state index contributed by atoms with van der Waals surface area (Å²) in [6, 6.07) is 4.43. The Labute approximate surface area is 155 Å². The van der Waals surface area contributed by atoms with E-state index in [0.29, 0.717) is 12.3 Å². The van der Waals surface area contributed by atoms with Crippen LogP contribution >= 0.6 is 0 Å². The molecule has 2 saturated carbocycles. The quantitative estimate of drug-likeness (QED) is 0.812. The van der Waals surface area contributed by atoms with Gasteiger partial charge in [0.1, 0.15) is 5.54 Å². The highest BCUT2D eigenvalue weighted by atomic mass is 16.4. The van der Waals surface area contributed by atoms with Crippen molar-refractivity contribution < 1.29 is 14.7 Å². The average molecular weight is 353 g/mol. The van der Waals surface area contributed by atoms with Crippen molar-refractivity contribution in [2.75, 3.05) is 0 Å². The van der Waals surface area contributed by atoms with Crippen LogP contribution in [0.25, 0.3) is 0 Å². The Morgan fingerprint density at radius 1 is 1.15 bits per heavy atom. The van der Waals surface area contributed by atoms with E-state index in [0.717, 1.165) is 48.8 Å². The summed E-state index contributed by atoms with van der Waals surface area (Å²) in [5, 5.41) is 12.0. The molecule has 2 aliphatic rings. The van der Waals surface area contributed by atoms with Crippen molar-refractivity contribution in [3.63, 3.8) is 0 Å². The van der Waals surface area contributed by atoms with Gasteiger partial charge in [-0.2, -0.15) is 0 Å². The molecule has 26 heavy (non-hydrogen) atoms. The molecule has 4 heteroatoms. The van der Waals surface area contributed by atoms with Gasteiger partial charge in [-0.05, 0) is 67.7 Å². The average Bonchev–Trinajstić information content (AvgIpc) is 3.42. The molecule has 2 fully saturated rings. The molecule has 2 aliphatic carbocycles. The second kappa shape index (κ2) is 7.53. The van der Waals surface area contributed by atoms with Crippen molar-refractivity contribution in [3.05, 3.63) is 34.4 Å². The van der Waals surface area contributed by atoms with Crippen LogP contribution in [0.4, 0.5) is 0 Å². The maximum Gasteiger partial charge on any atom is 0.381 e. The van der Waals surface area contributed by atoms with E-state index >= 15 is 0 Å². The fourth-order valence-corrected chi connectivity index (χ4v) is 4.04. The maximum atomic E-state index is 12.7. The molecule has 0 spiro atoms. The summed E-state index contributed by atoms with van der Waals surface area (Å²) in [7, 11) is 0. The van der Waals surface area contributed by atoms with Gasteiger partial charge in [0.15, 0.2) is 0 Å². The number of carboxylic acid groups (broad SMARTS) is 1. The number of aryl methyl sites for hydroxylation is 2. The maximum absolute atomic E-state index is 12.7. The van der Waals surface area contributed by atoms with E-state index in [1.165, 1.54) is 18.4 Å². The zero-order valence-corrected chi connectivity index (χ0v) is 15.7. The van der Waals surface area contributed by atoms with Gasteiger partial charge in [0.25, 0.3) is 0 Å². The van der Waals surface area contributed by atoms with Gasteiger partial charge in [0.05, 0.1) is 6.42 Å². The Balaban J connectivity index is 1.74. The minimum absolute atomic E-state index is 0.0723. The summed E-state index contributed by atoms with van der Waals surface area (Å²) in [6.07, 6.45) is 7.32. The number of nitrogens with one attached hydrogen (secondary N) is 1. The van der Waals surface area contributed by atoms with Gasteiger partial charge in [-0.3, -0.25) is 4.79 Å². The Morgan fingerprint density at radius 2 is 1.77 bits per heavy atom. The van der Waals surface area contributed by atoms with Gasteiger partial charge in [-0.1, -0.05) is 37.3 Å². The van der Waals surface area contributed by atoms with Crippen molar-refractivity contribution in [1.82, 2.24) is 5.32 Å². The molecule has 4 nitrogen and oxygen atoms in total. The van der Waals surface area contributed by atoms with Gasteiger partial charge >= 0.3 is 5.97 Å². The first-order valence-electron chi connectivity index (χ1n) is 9.56. The predicted molar refractivity (Wildman–Crippen MR) is 101 cm³/mol. The van der Waals surface area contributed by atoms with Crippen LogP contribution in [0.1, 0.15) is 73.1 Å². The van der Waals surface area contributed by atoms with Gasteiger partial charge < -0.3 is 10.4 Å². The molecule has 0 radical (unpaired) electrons. The van der Waals surface area contributed by atoms with Gasteiger partial charge in [-0.25, -0.2) is 4.79 Å². The number of benzene rings is 1. The minimum atomic E-state index is -1.15. The van der Waals surface area contributed by atoms with Crippen LogP contribution < -0.4 is 5.32 Å². The lowest BCUT2D eigenvalue weighted by Gasteiger charge is -2.33. The van der Waals surface area contributed by atoms with Crippen LogP contribution in [0.5, 0.6) is 0 Å². The molecular weight excluding hydrogens is 326 g/mol. The third-order valence-electron chi connectivity index (χ3n) is 5.60. The SMILES string of the molecule is Cc1cc(C2CC2)cc(C)c1CC(=O)NC1(C#CC(=O)O)CCCCC1. The number of carbonyl (C=O) groups is 2. The number of carbonyl (C=O) groups excluding carboxylic acids is 1. The molecule has 2 N–H and O–H groups in total. The molecule has 0 atom stereocenters. The summed E-state index contributed by atoms with van der Waals surface area (Å²) in [6.45, 7) is 4.14. The number of rotatable bonds is 4. The fourth-order valence-electron chi connectivity index (χ4n) is 4.04. The van der Waals surface area contributed by atoms with E-state index in [1.807, 2.05) is 0 Å². The molecule has 1 amide bonds. The van der Waals surface area contributed by atoms with Crippen molar-refractivity contribution >= 4 is 11.9 Å². The van der Waals surface area contributed by atoms with E-state index in [4.69, 9.17) is 5.11 Å². The Morgan fingerprint density at radius 3 is 2.31 bits per heavy atom. The number of aliphatic carboxylic acids is 1. The smallest absolute Gasteiger partial charge is 0.381 e. The van der Waals surface area contributed by atoms with E-state index in [2.05, 4.69) is 43.1 Å². The fraction of sp³-hybridized carbons (Fsp3) is 0.545. The van der Waals surface area contributed by atoms with Crippen molar-refractivity contribution in [3.8, 4) is 11.8 Å². The summed E-state index contributed by atoms with van der Waals surface area (Å²) < 4.78 is 0. The van der Waals surface area contributed by atoms with Crippen molar-refractivity contribution in [2.45, 2.75) is 76.7 Å². The topological polar surface area (TPSA) is 66.4 Å². The normalized spacial score (nSPS) is 18.5. The van der Waals surface area contributed by atoms with E-state index < -0.39 is 11.5 Å². The molecule has 0 aliphatic heterocycles. The molecule has 0 aromatic heterocycles. The van der Waals surface area contributed by atoms with E-state index in [-0.39, 0.29) is 5.91 Å². The van der Waals surface area contributed by atoms with Gasteiger partial charge in [0, 0.05) is 5.92 Å². The lowest BCUT2D eigenvalue weighted by molar-refractivity contribution is -0.130. The predicted octanol–water partition coefficient (Wildman–Crippen LogP) is 3.63. The lowest BCUT2D eigenvalue weighted by atomic mass is 9.81. The zero-order valence-electron chi connectivity index (χ0n) is 15.7. The first kappa shape index (κ1) is 18.5. The molecular formula is C22H27NO3. The molecule has 138 valence electrons. The molecule has 0 heterocycles. The van der Waals surface area contributed by atoms with Crippen LogP contribution in [0.3, 0.4) is 0 Å². The van der Waals surface area contributed by atoms with Crippen molar-refractivity contribution in [1.29, 1.82) is 0 Å². The number of amides is 1. The second-order valence-corrected chi connectivity index (χ2v) is 7.83. The molecule has 1 aromatic rings. The molecule has 0 unspecified atom stereocenters. The Kier molecular flexibility index (Phi) is 5.36. The zero-order chi connectivity index (χ0) is 18.7. The number of hydrogen-bond donors (Lipinski definition) is 2. The third-order valence-corrected chi connectivity index (χ3v) is 5.60. The molecule has 0 bridgehead atoms. The summed E-state index contributed by atoms with van der Waals surface area (Å²) in [4.78, 5) is 23.6. The largest absolute Gasteiger partial charge is 0.472 e. The van der Waals surface area contributed by atoms with Gasteiger partial charge in [0.2, 0.25) is 5.91 Å². The number of carboxylic acids is 1. The first-order valence-corrected chi connectivity index (χ1v) is 9.56. The Hall–Kier alpha value is -2.28. The van der Waals surface area contributed by atoms with E-state index in [9.17, 15) is 9.59 Å². The molecule has 3 rings (SSSR count). The van der Waals surface area contributed by atoms with E-state index in [1.54, 1.807) is 0 Å². The summed E-state index contributed by atoms with van der Waals surface area (Å²) in [5.41, 5.74) is 4.10. The molecule has 0 saturated heterocycles. The first-order chi connectivity index (χ1) is 12.4. The van der Waals surface area contributed by atoms with Crippen LogP contribution in [0.2, 0.25) is 0 Å². The minimum Gasteiger partial charge on any atom is -0.472 e. The lowest BCUT2D eigenvalue weighted by Crippen LogP contribution is -2.49. The summed E-state index contributed by atoms with van der Waals surface area (Å²) >= 11 is 0. The van der Waals surface area contributed by atoms with Crippen molar-refractivity contribution in [2.24, 2.45) is 0 Å². The molecule has 1 aromatic carbocycles. The van der Waals surface area contributed by atoms with Crippen LogP contribution in [-0.2, 0) is 16.0 Å². The van der Waals surface area contributed by atoms with Crippen LogP contribution in [0.15, 0.2) is 12.1 Å². The Bertz CT molecular complexity index is 751. The highest BCUT2D eigenvalue weighted by molar-refractivity contribution is 5.87. The number of hydrogen-bond acceptors (Lipinski definition) is 2. The third kappa shape index (κ3) is 4.46. The monoisotopic (exact) mass is 353 g/mol. The summed E-state index contributed by atoms with van der Waals surface area (Å²) in [5.74, 6) is 4.54. The van der Waals surface area contributed by atoms with Gasteiger partial charge in [-0.15, -0.1) is 0 Å². The van der Waals surface area contributed by atoms with Crippen LogP contribution in [0, 0.1) is 25.7 Å². The standard InChI is InChI=1S/C22H27NO3/c1-15-12-18(17-6-7-17)13-16(2)19(15)14-20(24)23-22(11-8-21(25)26)9-4-3-5-10-22/h12-13,17H,3-7,9-10,14H2,1-2H3,(H,23,24)(H,25,26).